The predicted molar refractivity (Wildman–Crippen MR) is 247 cm³/mol. The predicted octanol–water partition coefficient (Wildman–Crippen LogP) is 13.6. The maximum Gasteiger partial charge on any atom is 0.508 e. The maximum absolute atomic E-state index is 13.9. The van der Waals surface area contributed by atoms with Crippen molar-refractivity contribution in [2.24, 2.45) is 16.7 Å². The molecule has 0 N–H and O–H groups in total. The summed E-state index contributed by atoms with van der Waals surface area (Å²) >= 11 is 0. The molecule has 0 spiro atoms. The lowest BCUT2D eigenvalue weighted by atomic mass is 9.68. The highest BCUT2D eigenvalue weighted by Gasteiger charge is 2.51. The number of carbonyl (C=O) groups is 4. The lowest BCUT2D eigenvalue weighted by molar-refractivity contribution is -0.180. The average Bonchev–Trinajstić information content (AvgIpc) is 3.24. The van der Waals surface area contributed by atoms with Crippen molar-refractivity contribution < 1.29 is 47.6 Å². The summed E-state index contributed by atoms with van der Waals surface area (Å²) in [5.41, 5.74) is -2.47. The van der Waals surface area contributed by atoms with Crippen LogP contribution in [0.3, 0.4) is 0 Å². The quantitative estimate of drug-likeness (QED) is 0.0331. The fraction of sp³-hybridized carbons (Fsp3) is 0.920. The summed E-state index contributed by atoms with van der Waals surface area (Å²) in [5, 5.41) is 0. The maximum atomic E-state index is 13.9. The summed E-state index contributed by atoms with van der Waals surface area (Å²) < 4.78 is 33.4. The lowest BCUT2D eigenvalue weighted by Gasteiger charge is -2.38. The molecule has 11 heteroatoms. The van der Waals surface area contributed by atoms with E-state index in [1.807, 2.05) is 0 Å². The summed E-state index contributed by atoms with van der Waals surface area (Å²) in [7, 11) is 0. The van der Waals surface area contributed by atoms with Crippen molar-refractivity contribution in [1.82, 2.24) is 4.90 Å². The van der Waals surface area contributed by atoms with E-state index >= 15 is 0 Å². The number of rotatable bonds is 41. The zero-order chi connectivity index (χ0) is 45.6. The van der Waals surface area contributed by atoms with E-state index in [2.05, 4.69) is 39.5 Å². The van der Waals surface area contributed by atoms with Crippen LogP contribution in [0.2, 0.25) is 0 Å². The summed E-state index contributed by atoms with van der Waals surface area (Å²) in [6.07, 6.45) is 26.1. The molecular formula is C50H95NO10. The van der Waals surface area contributed by atoms with Gasteiger partial charge in [0.15, 0.2) is 0 Å². The molecule has 360 valence electrons. The molecule has 1 unspecified atom stereocenters. The highest BCUT2D eigenvalue weighted by Crippen LogP contribution is 2.41. The van der Waals surface area contributed by atoms with Gasteiger partial charge in [0.1, 0.15) is 25.9 Å². The minimum Gasteiger partial charge on any atom is -0.465 e. The Morgan fingerprint density at radius 3 is 1.21 bits per heavy atom. The Morgan fingerprint density at radius 2 is 0.787 bits per heavy atom. The molecule has 0 bridgehead atoms. The van der Waals surface area contributed by atoms with E-state index in [9.17, 15) is 19.2 Å². The molecule has 0 fully saturated rings. The van der Waals surface area contributed by atoms with Gasteiger partial charge in [-0.3, -0.25) is 9.59 Å². The van der Waals surface area contributed by atoms with Gasteiger partial charge >= 0.3 is 24.2 Å². The SMILES string of the molecule is CCCCCCCCCCCCOC(=O)OCC(COC(=O)OCCCN(CC)CC)COC(=O)C(C)(C)C(C)(C)C(=O)OC(CCCCCCCC)CCCCCCCC. The Bertz CT molecular complexity index is 1080. The van der Waals surface area contributed by atoms with Gasteiger partial charge in [0, 0.05) is 6.54 Å². The van der Waals surface area contributed by atoms with Gasteiger partial charge in [-0.2, -0.15) is 0 Å². The second-order valence-corrected chi connectivity index (χ2v) is 18.2. The normalized spacial score (nSPS) is 12.4. The number of unbranched alkanes of at least 4 members (excludes halogenated alkanes) is 19. The Hall–Kier alpha value is -2.56. The van der Waals surface area contributed by atoms with Crippen LogP contribution in [0.1, 0.15) is 223 Å². The molecule has 61 heavy (non-hydrogen) atoms. The van der Waals surface area contributed by atoms with Crippen molar-refractivity contribution in [3.63, 3.8) is 0 Å². The Morgan fingerprint density at radius 1 is 0.426 bits per heavy atom. The van der Waals surface area contributed by atoms with Crippen LogP contribution in [-0.2, 0) is 38.0 Å². The second kappa shape index (κ2) is 37.9. The minimum atomic E-state index is -1.26. The largest absolute Gasteiger partial charge is 0.508 e. The Labute approximate surface area is 374 Å². The van der Waals surface area contributed by atoms with Crippen molar-refractivity contribution in [1.29, 1.82) is 0 Å². The molecule has 0 aromatic rings. The fourth-order valence-electron chi connectivity index (χ4n) is 7.08. The van der Waals surface area contributed by atoms with Crippen LogP contribution in [0, 0.1) is 16.7 Å². The third-order valence-electron chi connectivity index (χ3n) is 12.4. The van der Waals surface area contributed by atoms with Gasteiger partial charge in [-0.15, -0.1) is 0 Å². The fourth-order valence-corrected chi connectivity index (χ4v) is 7.08. The van der Waals surface area contributed by atoms with E-state index in [1.165, 1.54) is 96.3 Å². The summed E-state index contributed by atoms with van der Waals surface area (Å²) in [5.74, 6) is -1.72. The zero-order valence-corrected chi connectivity index (χ0v) is 41.0. The van der Waals surface area contributed by atoms with Crippen molar-refractivity contribution in [3.05, 3.63) is 0 Å². The topological polar surface area (TPSA) is 127 Å². The van der Waals surface area contributed by atoms with Gasteiger partial charge < -0.3 is 33.3 Å². The molecule has 0 amide bonds. The first-order valence-corrected chi connectivity index (χ1v) is 25.0. The minimum absolute atomic E-state index is 0.198. The van der Waals surface area contributed by atoms with E-state index in [1.54, 1.807) is 27.7 Å². The summed E-state index contributed by atoms with van der Waals surface area (Å²) in [6.45, 7) is 20.1. The number of hydrogen-bond acceptors (Lipinski definition) is 11. The molecule has 0 aliphatic carbocycles. The summed E-state index contributed by atoms with van der Waals surface area (Å²) in [6, 6.07) is 0. The zero-order valence-electron chi connectivity index (χ0n) is 41.0. The molecule has 0 rings (SSSR count). The van der Waals surface area contributed by atoms with Gasteiger partial charge in [0.2, 0.25) is 0 Å². The van der Waals surface area contributed by atoms with Crippen molar-refractivity contribution in [3.8, 4) is 0 Å². The van der Waals surface area contributed by atoms with E-state index in [4.69, 9.17) is 28.4 Å². The highest BCUT2D eigenvalue weighted by molar-refractivity contribution is 5.87. The molecular weight excluding hydrogens is 775 g/mol. The number of nitrogens with zero attached hydrogens (tertiary/aromatic N) is 1. The van der Waals surface area contributed by atoms with Gasteiger partial charge in [-0.05, 0) is 79.3 Å². The van der Waals surface area contributed by atoms with Gasteiger partial charge in [0.05, 0.1) is 30.0 Å². The molecule has 0 aromatic carbocycles. The molecule has 0 aliphatic heterocycles. The van der Waals surface area contributed by atoms with Crippen molar-refractivity contribution in [2.75, 3.05) is 52.7 Å². The van der Waals surface area contributed by atoms with Crippen LogP contribution in [0.5, 0.6) is 0 Å². The van der Waals surface area contributed by atoms with Gasteiger partial charge in [0.25, 0.3) is 0 Å². The molecule has 0 aliphatic rings. The molecule has 0 radical (unpaired) electrons. The first kappa shape index (κ1) is 58.4. The Balaban J connectivity index is 5.39. The van der Waals surface area contributed by atoms with Crippen molar-refractivity contribution >= 4 is 24.2 Å². The second-order valence-electron chi connectivity index (χ2n) is 18.2. The van der Waals surface area contributed by atoms with E-state index in [-0.39, 0.29) is 39.1 Å². The molecule has 0 heterocycles. The van der Waals surface area contributed by atoms with Crippen LogP contribution in [0.25, 0.3) is 0 Å². The molecule has 0 saturated heterocycles. The average molecular weight is 870 g/mol. The van der Waals surface area contributed by atoms with Crippen LogP contribution < -0.4 is 0 Å². The van der Waals surface area contributed by atoms with E-state index in [0.717, 1.165) is 77.4 Å². The Kier molecular flexibility index (Phi) is 36.4. The highest BCUT2D eigenvalue weighted by atomic mass is 16.7. The summed E-state index contributed by atoms with van der Waals surface area (Å²) in [4.78, 5) is 54.9. The molecule has 0 saturated carbocycles. The van der Waals surface area contributed by atoms with Crippen LogP contribution in [-0.4, -0.2) is 87.9 Å². The smallest absolute Gasteiger partial charge is 0.465 e. The third-order valence-corrected chi connectivity index (χ3v) is 12.4. The van der Waals surface area contributed by atoms with E-state index < -0.39 is 41.0 Å². The standard InChI is InChI=1S/C50H95NO10/c1-10-15-18-21-24-25-26-27-30-33-38-56-47(54)59-41-43(42-60-48(55)57-39-34-37-51(13-4)14-5)40-58-45(52)49(6,7)50(8,9)46(53)61-44(35-31-28-22-19-16-11-2)36-32-29-23-20-17-12-3/h43-44H,10-42H2,1-9H3. The molecule has 1 atom stereocenters. The lowest BCUT2D eigenvalue weighted by Crippen LogP contribution is -2.48. The first-order chi connectivity index (χ1) is 29.3. The van der Waals surface area contributed by atoms with E-state index in [0.29, 0.717) is 6.42 Å². The van der Waals surface area contributed by atoms with Gasteiger partial charge in [-0.25, -0.2) is 9.59 Å². The number of hydrogen-bond donors (Lipinski definition) is 0. The first-order valence-electron chi connectivity index (χ1n) is 25.0. The molecule has 11 nitrogen and oxygen atoms in total. The van der Waals surface area contributed by atoms with Gasteiger partial charge in [-0.1, -0.05) is 157 Å². The number of ether oxygens (including phenoxy) is 6. The number of esters is 2. The van der Waals surface area contributed by atoms with Crippen LogP contribution >= 0.6 is 0 Å². The molecule has 0 aromatic heterocycles. The van der Waals surface area contributed by atoms with Crippen molar-refractivity contribution in [2.45, 2.75) is 229 Å². The van der Waals surface area contributed by atoms with Crippen LogP contribution in [0.4, 0.5) is 9.59 Å². The monoisotopic (exact) mass is 870 g/mol. The number of carbonyl (C=O) groups excluding carboxylic acids is 4. The van der Waals surface area contributed by atoms with Crippen LogP contribution in [0.15, 0.2) is 0 Å². The third kappa shape index (κ3) is 29.4.